The Morgan fingerprint density at radius 3 is 2.54 bits per heavy atom. The van der Waals surface area contributed by atoms with Crippen LogP contribution in [-0.2, 0) is 4.74 Å². The molecule has 0 aromatic heterocycles. The minimum absolute atomic E-state index is 0.0319. The third-order valence-electron chi connectivity index (χ3n) is 4.06. The molecule has 0 unspecified atom stereocenters. The van der Waals surface area contributed by atoms with Gasteiger partial charge in [-0.1, -0.05) is 0 Å². The number of esters is 1. The molecule has 1 amide bonds. The van der Waals surface area contributed by atoms with Crippen LogP contribution in [-0.4, -0.2) is 47.6 Å². The Balaban J connectivity index is 2.32. The van der Waals surface area contributed by atoms with E-state index < -0.39 is 41.1 Å². The molecular weight excluding hydrogens is 357 g/mol. The lowest BCUT2D eigenvalue weighted by Gasteiger charge is -2.33. The zero-order valence-electron chi connectivity index (χ0n) is 13.9. The maximum absolute atomic E-state index is 12.9. The molecule has 0 N–H and O–H groups in total. The van der Waals surface area contributed by atoms with Crippen molar-refractivity contribution in [3.05, 3.63) is 39.4 Å². The van der Waals surface area contributed by atoms with E-state index in [0.717, 1.165) is 23.1 Å². The molecule has 0 spiro atoms. The molecule has 1 fully saturated rings. The summed E-state index contributed by atoms with van der Waals surface area (Å²) in [6.45, 7) is 1.18. The van der Waals surface area contributed by atoms with Crippen molar-refractivity contribution in [3.8, 4) is 0 Å². The fraction of sp³-hybridized carbons (Fsp3) is 0.500. The number of piperidine rings is 1. The highest BCUT2D eigenvalue weighted by atomic mass is 19.4. The van der Waals surface area contributed by atoms with Crippen LogP contribution >= 0.6 is 0 Å². The quantitative estimate of drug-likeness (QED) is 0.459. The molecule has 0 bridgehead atoms. The first-order chi connectivity index (χ1) is 12.1. The van der Waals surface area contributed by atoms with Crippen molar-refractivity contribution < 1.29 is 32.4 Å². The van der Waals surface area contributed by atoms with Gasteiger partial charge in [0.05, 0.1) is 23.0 Å². The first-order valence-corrected chi connectivity index (χ1v) is 7.96. The summed E-state index contributed by atoms with van der Waals surface area (Å²) in [5.74, 6) is -3.27. The molecular formula is C16H17F3N2O5. The standard InChI is InChI=1S/C16H17F3N2O5/c1-2-26-15(23)11-6-10(7-13(8-11)21(24)25)14(22)20-5-3-4-12(9-20)16(17,18)19/h6-8,12H,2-5,9H2,1H3/t12-/m0/s1. The van der Waals surface area contributed by atoms with Crippen LogP contribution in [0, 0.1) is 16.0 Å². The Labute approximate surface area is 146 Å². The molecule has 26 heavy (non-hydrogen) atoms. The van der Waals surface area contributed by atoms with E-state index in [9.17, 15) is 32.9 Å². The number of benzene rings is 1. The normalized spacial score (nSPS) is 17.7. The minimum Gasteiger partial charge on any atom is -0.462 e. The number of hydrogen-bond donors (Lipinski definition) is 0. The van der Waals surface area contributed by atoms with Crippen molar-refractivity contribution in [2.45, 2.75) is 25.9 Å². The maximum Gasteiger partial charge on any atom is 0.393 e. The molecule has 1 saturated heterocycles. The summed E-state index contributed by atoms with van der Waals surface area (Å²) in [5, 5.41) is 11.0. The largest absolute Gasteiger partial charge is 0.462 e. The van der Waals surface area contributed by atoms with Crippen molar-refractivity contribution in [2.24, 2.45) is 5.92 Å². The number of carbonyl (C=O) groups excluding carboxylic acids is 2. The van der Waals surface area contributed by atoms with E-state index in [-0.39, 0.29) is 37.1 Å². The maximum atomic E-state index is 12.9. The van der Waals surface area contributed by atoms with E-state index in [2.05, 4.69) is 0 Å². The van der Waals surface area contributed by atoms with Gasteiger partial charge in [0.25, 0.3) is 11.6 Å². The SMILES string of the molecule is CCOC(=O)c1cc(C(=O)N2CCC[C@H](C(F)(F)F)C2)cc([N+](=O)[O-])c1. The first kappa shape index (κ1) is 19.7. The lowest BCUT2D eigenvalue weighted by Crippen LogP contribution is -2.44. The van der Waals surface area contributed by atoms with Gasteiger partial charge in [0.2, 0.25) is 0 Å². The molecule has 1 aliphatic heterocycles. The monoisotopic (exact) mass is 374 g/mol. The van der Waals surface area contributed by atoms with Crippen LogP contribution in [0.25, 0.3) is 0 Å². The summed E-state index contributed by atoms with van der Waals surface area (Å²) in [7, 11) is 0. The number of nitrogens with zero attached hydrogens (tertiary/aromatic N) is 2. The second-order valence-corrected chi connectivity index (χ2v) is 5.88. The van der Waals surface area contributed by atoms with Crippen LogP contribution in [0.3, 0.4) is 0 Å². The van der Waals surface area contributed by atoms with Gasteiger partial charge in [0.1, 0.15) is 0 Å². The third-order valence-corrected chi connectivity index (χ3v) is 4.06. The minimum atomic E-state index is -4.42. The molecule has 0 radical (unpaired) electrons. The summed E-state index contributed by atoms with van der Waals surface area (Å²) < 4.78 is 43.5. The number of rotatable bonds is 4. The Morgan fingerprint density at radius 1 is 1.31 bits per heavy atom. The number of alkyl halides is 3. The van der Waals surface area contributed by atoms with Gasteiger partial charge >= 0.3 is 12.1 Å². The fourth-order valence-corrected chi connectivity index (χ4v) is 2.78. The average molecular weight is 374 g/mol. The average Bonchev–Trinajstić information content (AvgIpc) is 2.60. The smallest absolute Gasteiger partial charge is 0.393 e. The first-order valence-electron chi connectivity index (χ1n) is 7.96. The van der Waals surface area contributed by atoms with Gasteiger partial charge in [-0.2, -0.15) is 13.2 Å². The molecule has 0 aliphatic carbocycles. The molecule has 10 heteroatoms. The van der Waals surface area contributed by atoms with Gasteiger partial charge < -0.3 is 9.64 Å². The topological polar surface area (TPSA) is 89.8 Å². The second kappa shape index (κ2) is 7.71. The number of nitro benzene ring substituents is 1. The van der Waals surface area contributed by atoms with Crippen LogP contribution in [0.15, 0.2) is 18.2 Å². The predicted molar refractivity (Wildman–Crippen MR) is 83.7 cm³/mol. The van der Waals surface area contributed by atoms with Crippen LogP contribution < -0.4 is 0 Å². The van der Waals surface area contributed by atoms with Gasteiger partial charge in [-0.25, -0.2) is 4.79 Å². The molecule has 1 heterocycles. The van der Waals surface area contributed by atoms with E-state index >= 15 is 0 Å². The van der Waals surface area contributed by atoms with Gasteiger partial charge in [-0.05, 0) is 25.8 Å². The molecule has 1 aliphatic rings. The molecule has 1 atom stereocenters. The highest BCUT2D eigenvalue weighted by molar-refractivity contribution is 5.99. The highest BCUT2D eigenvalue weighted by Crippen LogP contribution is 2.33. The third kappa shape index (κ3) is 4.50. The molecule has 0 saturated carbocycles. The van der Waals surface area contributed by atoms with Crippen LogP contribution in [0.2, 0.25) is 0 Å². The number of hydrogen-bond acceptors (Lipinski definition) is 5. The zero-order valence-corrected chi connectivity index (χ0v) is 13.9. The number of carbonyl (C=O) groups is 2. The Hall–Kier alpha value is -2.65. The summed E-state index contributed by atoms with van der Waals surface area (Å²) in [4.78, 5) is 35.7. The van der Waals surface area contributed by atoms with Gasteiger partial charge in [0.15, 0.2) is 0 Å². The van der Waals surface area contributed by atoms with Crippen molar-refractivity contribution >= 4 is 17.6 Å². The number of halogens is 3. The Morgan fingerprint density at radius 2 is 1.96 bits per heavy atom. The lowest BCUT2D eigenvalue weighted by molar-refractivity contribution is -0.384. The van der Waals surface area contributed by atoms with Crippen molar-refractivity contribution in [1.29, 1.82) is 0 Å². The zero-order chi connectivity index (χ0) is 19.5. The number of ether oxygens (including phenoxy) is 1. The Bertz CT molecular complexity index is 720. The van der Waals surface area contributed by atoms with E-state index in [0.29, 0.717) is 0 Å². The van der Waals surface area contributed by atoms with E-state index in [1.54, 1.807) is 6.92 Å². The summed E-state index contributed by atoms with van der Waals surface area (Å²) in [6.07, 6.45) is -4.32. The summed E-state index contributed by atoms with van der Waals surface area (Å²) in [5.41, 5.74) is -0.929. The number of likely N-dealkylation sites (tertiary alicyclic amines) is 1. The fourth-order valence-electron chi connectivity index (χ4n) is 2.78. The number of amides is 1. The van der Waals surface area contributed by atoms with Gasteiger partial charge in [-0.3, -0.25) is 14.9 Å². The Kier molecular flexibility index (Phi) is 5.83. The van der Waals surface area contributed by atoms with Gasteiger partial charge in [0, 0.05) is 30.8 Å². The van der Waals surface area contributed by atoms with Gasteiger partial charge in [-0.15, -0.1) is 0 Å². The van der Waals surface area contributed by atoms with Crippen molar-refractivity contribution in [1.82, 2.24) is 4.90 Å². The molecule has 1 aromatic rings. The van der Waals surface area contributed by atoms with Crippen molar-refractivity contribution in [2.75, 3.05) is 19.7 Å². The van der Waals surface area contributed by atoms with Crippen LogP contribution in [0.1, 0.15) is 40.5 Å². The number of non-ortho nitro benzene ring substituents is 1. The van der Waals surface area contributed by atoms with E-state index in [1.807, 2.05) is 0 Å². The molecule has 2 rings (SSSR count). The van der Waals surface area contributed by atoms with E-state index in [4.69, 9.17) is 4.74 Å². The van der Waals surface area contributed by atoms with Crippen molar-refractivity contribution in [3.63, 3.8) is 0 Å². The molecule has 7 nitrogen and oxygen atoms in total. The van der Waals surface area contributed by atoms with Crippen LogP contribution in [0.4, 0.5) is 18.9 Å². The predicted octanol–water partition coefficient (Wildman–Crippen LogP) is 3.19. The van der Waals surface area contributed by atoms with E-state index in [1.165, 1.54) is 0 Å². The molecule has 142 valence electrons. The van der Waals surface area contributed by atoms with Crippen LogP contribution in [0.5, 0.6) is 0 Å². The highest BCUT2D eigenvalue weighted by Gasteiger charge is 2.42. The second-order valence-electron chi connectivity index (χ2n) is 5.88. The lowest BCUT2D eigenvalue weighted by atomic mass is 9.96. The molecule has 1 aromatic carbocycles. The summed E-state index contributed by atoms with van der Waals surface area (Å²) in [6, 6.07) is 3.01. The summed E-state index contributed by atoms with van der Waals surface area (Å²) >= 11 is 0. The number of nitro groups is 1.